The lowest BCUT2D eigenvalue weighted by Gasteiger charge is -2.34. The van der Waals surface area contributed by atoms with Gasteiger partial charge in [0, 0.05) is 49.1 Å². The van der Waals surface area contributed by atoms with Gasteiger partial charge < -0.3 is 41.7 Å². The van der Waals surface area contributed by atoms with E-state index in [0.717, 1.165) is 36.7 Å². The fourth-order valence-electron chi connectivity index (χ4n) is 5.62. The Kier molecular flexibility index (Phi) is 11.1. The molecule has 2 aliphatic heterocycles. The van der Waals surface area contributed by atoms with Gasteiger partial charge in [-0.05, 0) is 47.4 Å². The van der Waals surface area contributed by atoms with Crippen molar-refractivity contribution in [1.29, 1.82) is 0 Å². The van der Waals surface area contributed by atoms with Crippen molar-refractivity contribution in [2.24, 2.45) is 16.5 Å². The highest BCUT2D eigenvalue weighted by molar-refractivity contribution is 6.35. The van der Waals surface area contributed by atoms with E-state index in [1.54, 1.807) is 12.1 Å². The van der Waals surface area contributed by atoms with Crippen molar-refractivity contribution in [3.05, 3.63) is 53.3 Å². The first-order valence-electron chi connectivity index (χ1n) is 14.0. The minimum absolute atomic E-state index is 0.0125. The zero-order valence-electron chi connectivity index (χ0n) is 24.1. The van der Waals surface area contributed by atoms with Gasteiger partial charge >= 0.3 is 6.01 Å². The molecule has 238 valence electrons. The largest absolute Gasteiger partial charge is 0.508 e. The molecule has 0 unspecified atom stereocenters. The number of nitrogens with zero attached hydrogens (tertiary/aromatic N) is 4. The number of hydrogen-bond acceptors (Lipinski definition) is 9. The molecule has 6 rings (SSSR count). The second-order valence-electron chi connectivity index (χ2n) is 10.3. The first-order valence-corrected chi connectivity index (χ1v) is 14.3. The lowest BCUT2D eigenvalue weighted by atomic mass is 9.96. The van der Waals surface area contributed by atoms with Crippen LogP contribution in [0.25, 0.3) is 32.8 Å². The number of guanidine groups is 1. The van der Waals surface area contributed by atoms with Gasteiger partial charge in [-0.15, -0.1) is 0 Å². The summed E-state index contributed by atoms with van der Waals surface area (Å²) in [5, 5.41) is 30.1. The minimum Gasteiger partial charge on any atom is -0.508 e. The van der Waals surface area contributed by atoms with Crippen LogP contribution in [0.2, 0.25) is 5.02 Å². The number of fused-ring (bicyclic) bond motifs is 4. The number of aromatic hydroxyl groups is 1. The van der Waals surface area contributed by atoms with Crippen molar-refractivity contribution in [2.75, 3.05) is 31.1 Å². The lowest BCUT2D eigenvalue weighted by molar-refractivity contribution is -0.123. The second-order valence-corrected chi connectivity index (χ2v) is 10.7. The summed E-state index contributed by atoms with van der Waals surface area (Å²) in [4.78, 5) is 32.1. The number of nitrogens with one attached hydrogen (secondary N) is 1. The van der Waals surface area contributed by atoms with Gasteiger partial charge in [0.2, 0.25) is 0 Å². The topological polar surface area (TPSA) is 210 Å². The van der Waals surface area contributed by atoms with Crippen LogP contribution in [-0.2, 0) is 9.59 Å². The highest BCUT2D eigenvalue weighted by Gasteiger charge is 2.34. The van der Waals surface area contributed by atoms with E-state index in [1.807, 2.05) is 24.3 Å². The monoisotopic (exact) mass is 641 g/mol. The zero-order chi connectivity index (χ0) is 32.5. The molecule has 0 aliphatic carbocycles. The van der Waals surface area contributed by atoms with Crippen molar-refractivity contribution >= 4 is 58.0 Å². The number of nitrogens with two attached hydrogens (primary N) is 2. The molecule has 13 nitrogen and oxygen atoms in total. The van der Waals surface area contributed by atoms with Gasteiger partial charge in [0.15, 0.2) is 11.8 Å². The molecule has 0 saturated carbocycles. The fourth-order valence-corrected chi connectivity index (χ4v) is 5.91. The normalized spacial score (nSPS) is 16.6. The average Bonchev–Trinajstić information content (AvgIpc) is 3.34. The minimum atomic E-state index is -0.597. The van der Waals surface area contributed by atoms with E-state index in [2.05, 4.69) is 20.2 Å². The molecular formula is C30H33ClFN7O6. The van der Waals surface area contributed by atoms with Gasteiger partial charge in [0.05, 0.1) is 11.6 Å². The van der Waals surface area contributed by atoms with Gasteiger partial charge in [0.25, 0.3) is 12.9 Å². The summed E-state index contributed by atoms with van der Waals surface area (Å²) in [6, 6.07) is 13.1. The molecule has 15 heteroatoms. The van der Waals surface area contributed by atoms with Crippen molar-refractivity contribution in [3.8, 4) is 22.9 Å². The molecule has 3 aromatic carbocycles. The van der Waals surface area contributed by atoms with E-state index >= 15 is 4.39 Å². The number of ether oxygens (including phenoxy) is 1. The maximum Gasteiger partial charge on any atom is 0.319 e. The third kappa shape index (κ3) is 7.77. The van der Waals surface area contributed by atoms with Crippen LogP contribution in [0.15, 0.2) is 47.5 Å². The maximum atomic E-state index is 16.5. The van der Waals surface area contributed by atoms with Gasteiger partial charge in [-0.25, -0.2) is 4.39 Å². The average molecular weight is 642 g/mol. The van der Waals surface area contributed by atoms with Crippen LogP contribution in [0, 0.1) is 5.82 Å². The van der Waals surface area contributed by atoms with Crippen LogP contribution in [0.4, 0.5) is 10.2 Å². The van der Waals surface area contributed by atoms with E-state index < -0.39 is 5.82 Å². The Morgan fingerprint density at radius 3 is 2.42 bits per heavy atom. The number of phenolic OH excluding ortho intramolecular Hbond substituents is 1. The Morgan fingerprint density at radius 1 is 1.09 bits per heavy atom. The van der Waals surface area contributed by atoms with Crippen LogP contribution in [-0.4, -0.2) is 82.5 Å². The number of carbonyl (C=O) groups is 2. The molecule has 0 radical (unpaired) electrons. The zero-order valence-corrected chi connectivity index (χ0v) is 24.8. The molecule has 3 heterocycles. The van der Waals surface area contributed by atoms with Gasteiger partial charge in [0.1, 0.15) is 17.1 Å². The molecule has 2 saturated heterocycles. The van der Waals surface area contributed by atoms with Crippen LogP contribution < -0.4 is 26.4 Å². The number of halogens is 2. The van der Waals surface area contributed by atoms with Crippen LogP contribution in [0.3, 0.4) is 0 Å². The molecule has 4 aromatic rings. The summed E-state index contributed by atoms with van der Waals surface area (Å²) >= 11 is 6.79. The molecular weight excluding hydrogens is 609 g/mol. The number of anilines is 1. The molecule has 1 aromatic heterocycles. The first kappa shape index (κ1) is 33.0. The summed E-state index contributed by atoms with van der Waals surface area (Å²) in [6.45, 7) is 1.63. The van der Waals surface area contributed by atoms with Crippen molar-refractivity contribution in [2.45, 2.75) is 31.3 Å². The van der Waals surface area contributed by atoms with Gasteiger partial charge in [-0.3, -0.25) is 14.6 Å². The van der Waals surface area contributed by atoms with E-state index in [-0.39, 0.29) is 53.4 Å². The van der Waals surface area contributed by atoms with Crippen LogP contribution >= 0.6 is 11.6 Å². The van der Waals surface area contributed by atoms with E-state index in [9.17, 15) is 5.11 Å². The number of aliphatic imine (C=N–C) groups is 1. The number of phenols is 1. The quantitative estimate of drug-likeness (QED) is 0.0743. The molecule has 2 fully saturated rings. The molecule has 8 N–H and O–H groups in total. The van der Waals surface area contributed by atoms with E-state index in [4.69, 9.17) is 52.6 Å². The fraction of sp³-hybridized carbons (Fsp3) is 0.300. The van der Waals surface area contributed by atoms with Crippen molar-refractivity contribution in [3.63, 3.8) is 0 Å². The Hall–Kier alpha value is -4.95. The Bertz CT molecular complexity index is 1690. The highest BCUT2D eigenvalue weighted by Crippen LogP contribution is 2.42. The Morgan fingerprint density at radius 2 is 1.76 bits per heavy atom. The van der Waals surface area contributed by atoms with Crippen molar-refractivity contribution < 1.29 is 34.0 Å². The highest BCUT2D eigenvalue weighted by atomic mass is 35.5. The number of benzene rings is 3. The third-order valence-electron chi connectivity index (χ3n) is 7.30. The van der Waals surface area contributed by atoms with Gasteiger partial charge in [-0.2, -0.15) is 9.97 Å². The standard InChI is InChI=1S/C28H29ClFN7O2.2CH2O2/c29-22-12-21-25(24(30)23(22)20-11-18(38)10-15-4-1-2-5-19(15)20)35-28(39-9-3-8-33-27(31)32)36-26(21)37-13-16-6-7-17(14-37)34-16;2*2-1-3/h1-2,4-5,10-12,16-17,34,38H,3,6-9,13-14H2,(H4,31,32,33);2*1H,(H,2,3)/t16-,17+;;. The maximum absolute atomic E-state index is 16.5. The van der Waals surface area contributed by atoms with E-state index in [1.165, 1.54) is 6.07 Å². The Balaban J connectivity index is 0.000000713. The summed E-state index contributed by atoms with van der Waals surface area (Å²) in [5.74, 6) is 0.0216. The third-order valence-corrected chi connectivity index (χ3v) is 7.60. The smallest absolute Gasteiger partial charge is 0.319 e. The lowest BCUT2D eigenvalue weighted by Crippen LogP contribution is -2.51. The summed E-state index contributed by atoms with van der Waals surface area (Å²) in [6.07, 6.45) is 2.71. The van der Waals surface area contributed by atoms with Crippen molar-refractivity contribution in [1.82, 2.24) is 15.3 Å². The molecule has 0 amide bonds. The van der Waals surface area contributed by atoms with E-state index in [0.29, 0.717) is 41.8 Å². The number of piperazine rings is 1. The van der Waals surface area contributed by atoms with Crippen LogP contribution in [0.1, 0.15) is 19.3 Å². The summed E-state index contributed by atoms with van der Waals surface area (Å²) < 4.78 is 22.4. The summed E-state index contributed by atoms with van der Waals surface area (Å²) in [7, 11) is 0. The number of hydrogen-bond donors (Lipinski definition) is 6. The molecule has 0 spiro atoms. The SMILES string of the molecule is NC(N)=NCCCOc1nc(N2C[C@H]3CC[C@@H](C2)N3)c2cc(Cl)c(-c3cc(O)cc4ccccc34)c(F)c2n1.O=CO.O=CO. The number of rotatable bonds is 7. The van der Waals surface area contributed by atoms with Crippen LogP contribution in [0.5, 0.6) is 11.8 Å². The molecule has 2 aliphatic rings. The number of carboxylic acid groups (broad SMARTS) is 2. The molecule has 2 bridgehead atoms. The molecule has 45 heavy (non-hydrogen) atoms. The second kappa shape index (κ2) is 15.2. The predicted octanol–water partition coefficient (Wildman–Crippen LogP) is 3.33. The number of aromatic nitrogens is 2. The first-order chi connectivity index (χ1) is 21.7. The predicted molar refractivity (Wildman–Crippen MR) is 169 cm³/mol. The molecule has 2 atom stereocenters. The van der Waals surface area contributed by atoms with Gasteiger partial charge in [-0.1, -0.05) is 35.9 Å². The summed E-state index contributed by atoms with van der Waals surface area (Å²) in [5.41, 5.74) is 11.5. The Labute approximate surface area is 262 Å².